The number of carboxylic acids is 2. The molecule has 0 aromatic heterocycles. The second-order valence-electron chi connectivity index (χ2n) is 9.31. The predicted molar refractivity (Wildman–Crippen MR) is 148 cm³/mol. The molecule has 0 spiro atoms. The highest BCUT2D eigenvalue weighted by atomic mass is 35.5. The minimum absolute atomic E-state index is 0.115. The summed E-state index contributed by atoms with van der Waals surface area (Å²) in [6.07, 6.45) is 3.72. The Hall–Kier alpha value is -3.82. The van der Waals surface area contributed by atoms with Gasteiger partial charge >= 0.3 is 11.9 Å². The van der Waals surface area contributed by atoms with Crippen molar-refractivity contribution in [3.8, 4) is 0 Å². The fourth-order valence-corrected chi connectivity index (χ4v) is 4.47. The first-order valence-electron chi connectivity index (χ1n) is 12.8. The van der Waals surface area contributed by atoms with Gasteiger partial charge in [-0.3, -0.25) is 0 Å². The number of carbonyl (C=O) groups is 2. The van der Waals surface area contributed by atoms with Crippen LogP contribution in [0.3, 0.4) is 0 Å². The van der Waals surface area contributed by atoms with E-state index < -0.39 is 11.9 Å². The van der Waals surface area contributed by atoms with Crippen LogP contribution in [0.1, 0.15) is 48.3 Å². The third-order valence-corrected chi connectivity index (χ3v) is 6.72. The molecule has 1 heterocycles. The molecule has 0 unspecified atom stereocenters. The van der Waals surface area contributed by atoms with Gasteiger partial charge in [-0.1, -0.05) is 53.2 Å². The zero-order chi connectivity index (χ0) is 28.9. The summed E-state index contributed by atoms with van der Waals surface area (Å²) >= 11 is 5.91. The minimum atomic E-state index is -1.82. The summed E-state index contributed by atoms with van der Waals surface area (Å²) in [5.41, 5.74) is 4.25. The molecular formula is C30H31ClF2N2O5. The number of hydrogen-bond donors (Lipinski definition) is 2. The molecule has 1 aliphatic rings. The van der Waals surface area contributed by atoms with E-state index in [0.29, 0.717) is 11.6 Å². The average Bonchev–Trinajstić information content (AvgIpc) is 2.95. The van der Waals surface area contributed by atoms with Gasteiger partial charge in [-0.05, 0) is 72.5 Å². The van der Waals surface area contributed by atoms with Crippen molar-refractivity contribution < 1.29 is 33.4 Å². The Morgan fingerprint density at radius 1 is 0.850 bits per heavy atom. The SMILES string of the molecule is Fc1ccc(C(CCCN2CCC(=NOCc3ccc(Cl)cc3)CC2)c2ccc(F)cc2)cc1.O=C(O)C(=O)O. The topological polar surface area (TPSA) is 99.4 Å². The van der Waals surface area contributed by atoms with Crippen LogP contribution in [0, 0.1) is 11.6 Å². The van der Waals surface area contributed by atoms with Crippen LogP contribution in [0.2, 0.25) is 5.02 Å². The number of nitrogens with zero attached hydrogens (tertiary/aromatic N) is 2. The number of piperidine rings is 1. The maximum absolute atomic E-state index is 13.4. The van der Waals surface area contributed by atoms with Crippen molar-refractivity contribution in [1.82, 2.24) is 4.90 Å². The monoisotopic (exact) mass is 572 g/mol. The first kappa shape index (κ1) is 30.7. The van der Waals surface area contributed by atoms with Gasteiger partial charge in [-0.2, -0.15) is 0 Å². The summed E-state index contributed by atoms with van der Waals surface area (Å²) in [5, 5.41) is 19.8. The molecule has 0 bridgehead atoms. The summed E-state index contributed by atoms with van der Waals surface area (Å²) in [6, 6.07) is 20.9. The molecular weight excluding hydrogens is 542 g/mol. The zero-order valence-electron chi connectivity index (χ0n) is 21.8. The maximum atomic E-state index is 13.4. The van der Waals surface area contributed by atoms with E-state index in [0.717, 1.165) is 67.7 Å². The lowest BCUT2D eigenvalue weighted by molar-refractivity contribution is -0.159. The predicted octanol–water partition coefficient (Wildman–Crippen LogP) is 6.35. The number of aliphatic carboxylic acids is 2. The van der Waals surface area contributed by atoms with Crippen molar-refractivity contribution in [3.63, 3.8) is 0 Å². The molecule has 0 amide bonds. The van der Waals surface area contributed by atoms with Gasteiger partial charge in [0.05, 0.1) is 5.71 Å². The van der Waals surface area contributed by atoms with Crippen molar-refractivity contribution in [2.75, 3.05) is 19.6 Å². The van der Waals surface area contributed by atoms with Crippen molar-refractivity contribution in [2.45, 2.75) is 38.2 Å². The van der Waals surface area contributed by atoms with Gasteiger partial charge in [-0.25, -0.2) is 18.4 Å². The van der Waals surface area contributed by atoms with E-state index in [9.17, 15) is 8.78 Å². The number of carboxylic acid groups (broad SMARTS) is 2. The summed E-state index contributed by atoms with van der Waals surface area (Å²) in [6.45, 7) is 3.35. The standard InChI is InChI=1S/C28H29ClF2N2O.C2H2O4/c29-24-9-3-21(4-10-24)20-34-32-27-15-18-33(19-16-27)17-1-2-28(22-5-11-25(30)12-6-22)23-7-13-26(31)14-8-23;3-1(4)2(5)6/h3-14,28H,1-2,15-20H2;(H,3,4)(H,5,6). The summed E-state index contributed by atoms with van der Waals surface area (Å²) < 4.78 is 26.9. The molecule has 7 nitrogen and oxygen atoms in total. The minimum Gasteiger partial charge on any atom is -0.473 e. The van der Waals surface area contributed by atoms with Gasteiger partial charge in [0, 0.05) is 36.9 Å². The van der Waals surface area contributed by atoms with Crippen molar-refractivity contribution in [3.05, 3.63) is 106 Å². The van der Waals surface area contributed by atoms with Gasteiger partial charge in [-0.15, -0.1) is 0 Å². The third-order valence-electron chi connectivity index (χ3n) is 6.47. The number of halogens is 3. The Labute approximate surface area is 236 Å². The second-order valence-corrected chi connectivity index (χ2v) is 9.74. The number of oxime groups is 1. The van der Waals surface area contributed by atoms with Gasteiger partial charge in [0.25, 0.3) is 0 Å². The van der Waals surface area contributed by atoms with Crippen LogP contribution < -0.4 is 0 Å². The Kier molecular flexibility index (Phi) is 12.0. The quantitative estimate of drug-likeness (QED) is 0.229. The van der Waals surface area contributed by atoms with Gasteiger partial charge in [0.15, 0.2) is 0 Å². The molecule has 0 atom stereocenters. The van der Waals surface area contributed by atoms with Crippen LogP contribution in [-0.2, 0) is 21.0 Å². The molecule has 2 N–H and O–H groups in total. The number of likely N-dealkylation sites (tertiary alicyclic amines) is 1. The number of benzene rings is 3. The Morgan fingerprint density at radius 3 is 1.82 bits per heavy atom. The number of rotatable bonds is 9. The third kappa shape index (κ3) is 10.4. The molecule has 212 valence electrons. The molecule has 0 saturated carbocycles. The summed E-state index contributed by atoms with van der Waals surface area (Å²) in [5.74, 6) is -4.02. The first-order valence-corrected chi connectivity index (χ1v) is 13.2. The van der Waals surface area contributed by atoms with E-state index in [1.807, 2.05) is 48.5 Å². The highest BCUT2D eigenvalue weighted by Crippen LogP contribution is 2.30. The van der Waals surface area contributed by atoms with Crippen LogP contribution in [-0.4, -0.2) is 52.4 Å². The molecule has 3 aromatic carbocycles. The van der Waals surface area contributed by atoms with E-state index in [4.69, 9.17) is 36.2 Å². The molecule has 4 rings (SSSR count). The molecule has 10 heteroatoms. The number of hydrogen-bond acceptors (Lipinski definition) is 5. The van der Waals surface area contributed by atoms with E-state index in [1.54, 1.807) is 0 Å². The smallest absolute Gasteiger partial charge is 0.414 e. The second kappa shape index (κ2) is 15.7. The van der Waals surface area contributed by atoms with Crippen molar-refractivity contribution in [1.29, 1.82) is 0 Å². The fraction of sp³-hybridized carbons (Fsp3) is 0.300. The Balaban J connectivity index is 0.000000663. The van der Waals surface area contributed by atoms with E-state index in [2.05, 4.69) is 10.1 Å². The van der Waals surface area contributed by atoms with Crippen molar-refractivity contribution >= 4 is 29.3 Å². The lowest BCUT2D eigenvalue weighted by Gasteiger charge is -2.28. The molecule has 0 aliphatic carbocycles. The fourth-order valence-electron chi connectivity index (χ4n) is 4.34. The van der Waals surface area contributed by atoms with E-state index in [-0.39, 0.29) is 17.6 Å². The largest absolute Gasteiger partial charge is 0.473 e. The highest BCUT2D eigenvalue weighted by molar-refractivity contribution is 6.30. The van der Waals surface area contributed by atoms with Crippen LogP contribution >= 0.6 is 11.6 Å². The van der Waals surface area contributed by atoms with E-state index in [1.165, 1.54) is 24.3 Å². The molecule has 0 radical (unpaired) electrons. The van der Waals surface area contributed by atoms with Gasteiger partial charge in [0.2, 0.25) is 0 Å². The average molecular weight is 573 g/mol. The maximum Gasteiger partial charge on any atom is 0.414 e. The molecule has 1 fully saturated rings. The van der Waals surface area contributed by atoms with Crippen LogP contribution in [0.15, 0.2) is 78.0 Å². The Bertz CT molecular complexity index is 1200. The molecule has 1 aliphatic heterocycles. The lowest BCUT2D eigenvalue weighted by atomic mass is 9.87. The van der Waals surface area contributed by atoms with Crippen LogP contribution in [0.25, 0.3) is 0 Å². The normalized spacial score (nSPS) is 13.3. The molecule has 40 heavy (non-hydrogen) atoms. The van der Waals surface area contributed by atoms with Crippen molar-refractivity contribution in [2.24, 2.45) is 5.16 Å². The molecule has 1 saturated heterocycles. The van der Waals surface area contributed by atoms with Crippen LogP contribution in [0.4, 0.5) is 8.78 Å². The summed E-state index contributed by atoms with van der Waals surface area (Å²) in [7, 11) is 0. The summed E-state index contributed by atoms with van der Waals surface area (Å²) in [4.78, 5) is 26.2. The highest BCUT2D eigenvalue weighted by Gasteiger charge is 2.18. The Morgan fingerprint density at radius 2 is 1.35 bits per heavy atom. The van der Waals surface area contributed by atoms with Gasteiger partial charge in [0.1, 0.15) is 18.2 Å². The molecule has 3 aromatic rings. The van der Waals surface area contributed by atoms with E-state index >= 15 is 0 Å². The first-order chi connectivity index (χ1) is 19.2. The van der Waals surface area contributed by atoms with Gasteiger partial charge < -0.3 is 20.0 Å². The zero-order valence-corrected chi connectivity index (χ0v) is 22.6. The lowest BCUT2D eigenvalue weighted by Crippen LogP contribution is -2.34. The van der Waals surface area contributed by atoms with Crippen LogP contribution in [0.5, 0.6) is 0 Å².